The normalized spacial score (nSPS) is 12.0. The fraction of sp³-hybridized carbons (Fsp3) is 0.286. The lowest BCUT2D eigenvalue weighted by atomic mass is 10.1. The number of amides is 2. The summed E-state index contributed by atoms with van der Waals surface area (Å²) < 4.78 is 28.6. The number of hydrogen-bond acceptors (Lipinski definition) is 4. The van der Waals surface area contributed by atoms with E-state index in [1.54, 1.807) is 32.0 Å². The van der Waals surface area contributed by atoms with Crippen LogP contribution in [0.5, 0.6) is 0 Å². The molecule has 0 radical (unpaired) electrons. The van der Waals surface area contributed by atoms with Gasteiger partial charge in [-0.25, -0.2) is 8.42 Å². The summed E-state index contributed by atoms with van der Waals surface area (Å²) in [6.45, 7) is 5.29. The molecule has 0 bridgehead atoms. The van der Waals surface area contributed by atoms with Crippen LogP contribution >= 0.6 is 23.2 Å². The number of halogens is 2. The van der Waals surface area contributed by atoms with Crippen molar-refractivity contribution in [2.24, 2.45) is 0 Å². The van der Waals surface area contributed by atoms with Gasteiger partial charge in [-0.05, 0) is 57.0 Å². The fourth-order valence-corrected chi connectivity index (χ4v) is 5.80. The van der Waals surface area contributed by atoms with E-state index in [4.69, 9.17) is 23.2 Å². The third-order valence-electron chi connectivity index (χ3n) is 6.09. The summed E-state index contributed by atoms with van der Waals surface area (Å²) in [5.41, 5.74) is 1.94. The number of nitrogens with one attached hydrogen (secondary N) is 1. The fourth-order valence-electron chi connectivity index (χ4n) is 3.93. The van der Waals surface area contributed by atoms with Gasteiger partial charge in [-0.2, -0.15) is 0 Å². The van der Waals surface area contributed by atoms with Crippen LogP contribution in [-0.2, 0) is 26.0 Å². The van der Waals surface area contributed by atoms with Crippen molar-refractivity contribution in [3.05, 3.63) is 94.0 Å². The third-order valence-corrected chi connectivity index (χ3v) is 8.67. The Morgan fingerprint density at radius 2 is 1.61 bits per heavy atom. The van der Waals surface area contributed by atoms with Crippen LogP contribution in [0.2, 0.25) is 10.0 Å². The molecule has 0 aliphatic rings. The second kappa shape index (κ2) is 13.1. The molecule has 1 N–H and O–H groups in total. The van der Waals surface area contributed by atoms with Crippen LogP contribution in [0.1, 0.15) is 25.0 Å². The lowest BCUT2D eigenvalue weighted by Gasteiger charge is -2.32. The van der Waals surface area contributed by atoms with E-state index in [1.807, 2.05) is 37.3 Å². The lowest BCUT2D eigenvalue weighted by Crippen LogP contribution is -2.52. The molecule has 0 aliphatic heterocycles. The monoisotopic (exact) mass is 575 g/mol. The molecule has 38 heavy (non-hydrogen) atoms. The SMILES string of the molecule is CCNC(=O)C(C)N(CCc1ccccc1)C(=O)CN(c1cccc(Cl)c1Cl)S(=O)(=O)c1ccc(C)cc1. The molecule has 0 saturated heterocycles. The van der Waals surface area contributed by atoms with E-state index in [1.165, 1.54) is 29.2 Å². The number of anilines is 1. The zero-order valence-corrected chi connectivity index (χ0v) is 23.9. The maximum atomic E-state index is 13.8. The minimum Gasteiger partial charge on any atom is -0.355 e. The van der Waals surface area contributed by atoms with Gasteiger partial charge in [0.1, 0.15) is 12.6 Å². The van der Waals surface area contributed by atoms with Crippen LogP contribution in [0.3, 0.4) is 0 Å². The summed E-state index contributed by atoms with van der Waals surface area (Å²) in [6, 6.07) is 19.6. The zero-order valence-electron chi connectivity index (χ0n) is 21.5. The molecule has 0 aliphatic carbocycles. The van der Waals surface area contributed by atoms with E-state index in [0.717, 1.165) is 15.4 Å². The predicted octanol–water partition coefficient (Wildman–Crippen LogP) is 5.09. The topological polar surface area (TPSA) is 86.8 Å². The smallest absolute Gasteiger partial charge is 0.264 e. The Kier molecular flexibility index (Phi) is 10.2. The van der Waals surface area contributed by atoms with Crippen molar-refractivity contribution in [1.29, 1.82) is 0 Å². The maximum absolute atomic E-state index is 13.8. The molecule has 0 saturated carbocycles. The summed E-state index contributed by atoms with van der Waals surface area (Å²) in [7, 11) is -4.22. The highest BCUT2D eigenvalue weighted by molar-refractivity contribution is 7.92. The summed E-state index contributed by atoms with van der Waals surface area (Å²) in [5, 5.41) is 2.89. The predicted molar refractivity (Wildman–Crippen MR) is 152 cm³/mol. The number of nitrogens with zero attached hydrogens (tertiary/aromatic N) is 2. The number of carbonyl (C=O) groups excluding carboxylic acids is 2. The highest BCUT2D eigenvalue weighted by atomic mass is 35.5. The van der Waals surface area contributed by atoms with Crippen molar-refractivity contribution in [2.75, 3.05) is 23.9 Å². The Hall–Kier alpha value is -3.07. The standard InChI is InChI=1S/C28H31Cl2N3O4S/c1-4-31-28(35)21(3)32(18-17-22-9-6-5-7-10-22)26(34)19-33(25-12-8-11-24(29)27(25)30)38(36,37)23-15-13-20(2)14-16-23/h5-16,21H,4,17-19H2,1-3H3,(H,31,35). The van der Waals surface area contributed by atoms with Crippen LogP contribution in [-0.4, -0.2) is 50.8 Å². The van der Waals surface area contributed by atoms with Crippen molar-refractivity contribution < 1.29 is 18.0 Å². The molecule has 7 nitrogen and oxygen atoms in total. The van der Waals surface area contributed by atoms with Crippen LogP contribution in [0, 0.1) is 6.92 Å². The Labute approximate surface area is 234 Å². The van der Waals surface area contributed by atoms with Gasteiger partial charge in [-0.3, -0.25) is 13.9 Å². The van der Waals surface area contributed by atoms with Crippen molar-refractivity contribution in [2.45, 2.75) is 38.1 Å². The van der Waals surface area contributed by atoms with E-state index < -0.39 is 28.5 Å². The average molecular weight is 577 g/mol. The van der Waals surface area contributed by atoms with Crippen LogP contribution in [0.25, 0.3) is 0 Å². The second-order valence-corrected chi connectivity index (χ2v) is 11.4. The average Bonchev–Trinajstić information content (AvgIpc) is 2.90. The van der Waals surface area contributed by atoms with Crippen molar-refractivity contribution in [1.82, 2.24) is 10.2 Å². The Balaban J connectivity index is 2.02. The minimum atomic E-state index is -4.22. The van der Waals surface area contributed by atoms with Gasteiger partial charge in [0.25, 0.3) is 10.0 Å². The summed E-state index contributed by atoms with van der Waals surface area (Å²) in [5.74, 6) is -0.881. The van der Waals surface area contributed by atoms with Gasteiger partial charge < -0.3 is 10.2 Å². The molecule has 2 amide bonds. The van der Waals surface area contributed by atoms with Gasteiger partial charge in [0.05, 0.1) is 20.6 Å². The molecule has 0 heterocycles. The molecule has 3 aromatic carbocycles. The summed E-state index contributed by atoms with van der Waals surface area (Å²) in [6.07, 6.45) is 0.485. The maximum Gasteiger partial charge on any atom is 0.264 e. The molecule has 0 spiro atoms. The number of hydrogen-bond donors (Lipinski definition) is 1. The van der Waals surface area contributed by atoms with Crippen LogP contribution in [0.4, 0.5) is 5.69 Å². The highest BCUT2D eigenvalue weighted by Crippen LogP contribution is 2.35. The van der Waals surface area contributed by atoms with Gasteiger partial charge >= 0.3 is 0 Å². The van der Waals surface area contributed by atoms with Crippen LogP contribution in [0.15, 0.2) is 77.7 Å². The van der Waals surface area contributed by atoms with Gasteiger partial charge in [0.2, 0.25) is 11.8 Å². The molecule has 1 atom stereocenters. The van der Waals surface area contributed by atoms with E-state index in [2.05, 4.69) is 5.32 Å². The third kappa shape index (κ3) is 7.07. The summed E-state index contributed by atoms with van der Waals surface area (Å²) >= 11 is 12.7. The second-order valence-electron chi connectivity index (χ2n) is 8.79. The van der Waals surface area contributed by atoms with Crippen molar-refractivity contribution in [3.8, 4) is 0 Å². The van der Waals surface area contributed by atoms with E-state index >= 15 is 0 Å². The van der Waals surface area contributed by atoms with E-state index in [0.29, 0.717) is 13.0 Å². The molecule has 3 aromatic rings. The van der Waals surface area contributed by atoms with E-state index in [-0.39, 0.29) is 33.1 Å². The van der Waals surface area contributed by atoms with Crippen molar-refractivity contribution >= 4 is 50.7 Å². The lowest BCUT2D eigenvalue weighted by molar-refractivity contribution is -0.138. The van der Waals surface area contributed by atoms with Gasteiger partial charge in [-0.15, -0.1) is 0 Å². The molecule has 0 aromatic heterocycles. The first-order valence-electron chi connectivity index (χ1n) is 12.2. The zero-order chi connectivity index (χ0) is 27.9. The molecule has 0 fully saturated rings. The van der Waals surface area contributed by atoms with Gasteiger partial charge in [-0.1, -0.05) is 77.3 Å². The number of sulfonamides is 1. The van der Waals surface area contributed by atoms with Gasteiger partial charge in [0, 0.05) is 13.1 Å². The molecule has 202 valence electrons. The molecule has 1 unspecified atom stereocenters. The number of rotatable bonds is 11. The summed E-state index contributed by atoms with van der Waals surface area (Å²) in [4.78, 5) is 27.9. The highest BCUT2D eigenvalue weighted by Gasteiger charge is 2.33. The quantitative estimate of drug-likeness (QED) is 0.345. The molecular formula is C28H31Cl2N3O4S. The first-order valence-corrected chi connectivity index (χ1v) is 14.4. The largest absolute Gasteiger partial charge is 0.355 e. The van der Waals surface area contributed by atoms with Crippen molar-refractivity contribution in [3.63, 3.8) is 0 Å². The number of aryl methyl sites for hydroxylation is 1. The molecular weight excluding hydrogens is 545 g/mol. The number of likely N-dealkylation sites (N-methyl/N-ethyl adjacent to an activating group) is 1. The number of benzene rings is 3. The van der Waals surface area contributed by atoms with E-state index in [9.17, 15) is 18.0 Å². The first kappa shape index (κ1) is 29.5. The Morgan fingerprint density at radius 3 is 2.24 bits per heavy atom. The number of carbonyl (C=O) groups is 2. The first-order chi connectivity index (χ1) is 18.1. The Morgan fingerprint density at radius 1 is 0.947 bits per heavy atom. The minimum absolute atomic E-state index is 0.000415. The van der Waals surface area contributed by atoms with Crippen LogP contribution < -0.4 is 9.62 Å². The molecule has 3 rings (SSSR count). The Bertz CT molecular complexity index is 1370. The molecule has 10 heteroatoms. The van der Waals surface area contributed by atoms with Gasteiger partial charge in [0.15, 0.2) is 0 Å².